The van der Waals surface area contributed by atoms with Crippen LogP contribution < -0.4 is 5.32 Å². The smallest absolute Gasteiger partial charge is 0.126 e. The maximum Gasteiger partial charge on any atom is 0.126 e. The molecule has 1 aliphatic heterocycles. The molecular formula is C24H32N4. The summed E-state index contributed by atoms with van der Waals surface area (Å²) < 4.78 is 0. The van der Waals surface area contributed by atoms with Crippen LogP contribution in [0.4, 0.5) is 5.82 Å². The van der Waals surface area contributed by atoms with Crippen LogP contribution in [0.1, 0.15) is 44.2 Å². The van der Waals surface area contributed by atoms with Crippen molar-refractivity contribution in [1.29, 1.82) is 0 Å². The van der Waals surface area contributed by atoms with E-state index in [-0.39, 0.29) is 0 Å². The normalized spacial score (nSPS) is 23.4. The molecule has 4 heteroatoms. The minimum atomic E-state index is 0.515. The molecule has 2 aliphatic rings. The Balaban J connectivity index is 1.39. The highest BCUT2D eigenvalue weighted by Crippen LogP contribution is 2.30. The van der Waals surface area contributed by atoms with Crippen LogP contribution in [0.5, 0.6) is 0 Å². The van der Waals surface area contributed by atoms with Gasteiger partial charge >= 0.3 is 0 Å². The van der Waals surface area contributed by atoms with E-state index in [9.17, 15) is 0 Å². The van der Waals surface area contributed by atoms with Gasteiger partial charge in [0.2, 0.25) is 0 Å². The van der Waals surface area contributed by atoms with E-state index in [0.717, 1.165) is 17.1 Å². The van der Waals surface area contributed by atoms with Crippen molar-refractivity contribution in [3.63, 3.8) is 0 Å². The van der Waals surface area contributed by atoms with Crippen LogP contribution in [0.3, 0.4) is 0 Å². The molecule has 28 heavy (non-hydrogen) atoms. The Bertz CT molecular complexity index is 802. The quantitative estimate of drug-likeness (QED) is 0.756. The fourth-order valence-corrected chi connectivity index (χ4v) is 4.45. The second-order valence-corrected chi connectivity index (χ2v) is 8.51. The van der Waals surface area contributed by atoms with Crippen LogP contribution >= 0.6 is 0 Å². The molecular weight excluding hydrogens is 344 g/mol. The van der Waals surface area contributed by atoms with Crippen molar-refractivity contribution in [1.82, 2.24) is 14.9 Å². The third-order valence-electron chi connectivity index (χ3n) is 6.17. The predicted molar refractivity (Wildman–Crippen MR) is 116 cm³/mol. The third kappa shape index (κ3) is 4.99. The second-order valence-electron chi connectivity index (χ2n) is 8.51. The van der Waals surface area contributed by atoms with Crippen LogP contribution in [0.25, 0.3) is 11.1 Å². The SMILES string of the molecule is Cc1ccc(-c2ccnc(NC3CCCC(C=C4CCN(C)CC4)C3)c2)cn1. The maximum absolute atomic E-state index is 4.57. The summed E-state index contributed by atoms with van der Waals surface area (Å²) >= 11 is 0. The van der Waals surface area contributed by atoms with Gasteiger partial charge in [-0.15, -0.1) is 0 Å². The van der Waals surface area contributed by atoms with Gasteiger partial charge in [0.15, 0.2) is 0 Å². The molecule has 4 nitrogen and oxygen atoms in total. The largest absolute Gasteiger partial charge is 0.367 e. The molecule has 0 radical (unpaired) electrons. The van der Waals surface area contributed by atoms with E-state index >= 15 is 0 Å². The summed E-state index contributed by atoms with van der Waals surface area (Å²) in [5.74, 6) is 1.70. The number of likely N-dealkylation sites (tertiary alicyclic amines) is 1. The van der Waals surface area contributed by atoms with Crippen LogP contribution in [-0.4, -0.2) is 41.0 Å². The van der Waals surface area contributed by atoms with Crippen molar-refractivity contribution in [3.05, 3.63) is 54.0 Å². The minimum absolute atomic E-state index is 0.515. The van der Waals surface area contributed by atoms with E-state index in [1.165, 1.54) is 57.2 Å². The maximum atomic E-state index is 4.57. The van der Waals surface area contributed by atoms with Gasteiger partial charge in [0.25, 0.3) is 0 Å². The van der Waals surface area contributed by atoms with E-state index in [1.54, 1.807) is 5.57 Å². The summed E-state index contributed by atoms with van der Waals surface area (Å²) in [6.45, 7) is 4.44. The number of hydrogen-bond donors (Lipinski definition) is 1. The van der Waals surface area contributed by atoms with Crippen LogP contribution in [0.15, 0.2) is 48.3 Å². The summed E-state index contributed by atoms with van der Waals surface area (Å²) in [7, 11) is 2.23. The van der Waals surface area contributed by atoms with Gasteiger partial charge in [-0.25, -0.2) is 4.98 Å². The Kier molecular flexibility index (Phi) is 6.06. The lowest BCUT2D eigenvalue weighted by Gasteiger charge is -2.30. The molecule has 1 saturated carbocycles. The molecule has 1 aliphatic carbocycles. The average molecular weight is 377 g/mol. The van der Waals surface area contributed by atoms with Crippen molar-refractivity contribution in [2.45, 2.75) is 51.5 Å². The summed E-state index contributed by atoms with van der Waals surface area (Å²) in [6.07, 6.45) is 14.0. The van der Waals surface area contributed by atoms with Gasteiger partial charge in [-0.3, -0.25) is 4.98 Å². The highest BCUT2D eigenvalue weighted by molar-refractivity contribution is 5.65. The number of piperidine rings is 1. The molecule has 2 atom stereocenters. The molecule has 2 aromatic heterocycles. The van der Waals surface area contributed by atoms with Gasteiger partial charge in [0.05, 0.1) is 0 Å². The summed E-state index contributed by atoms with van der Waals surface area (Å²) in [5.41, 5.74) is 5.04. The number of aromatic nitrogens is 2. The van der Waals surface area contributed by atoms with Gasteiger partial charge in [0, 0.05) is 42.8 Å². The number of nitrogens with zero attached hydrogens (tertiary/aromatic N) is 3. The van der Waals surface area contributed by atoms with E-state index < -0.39 is 0 Å². The number of allylic oxidation sites excluding steroid dienone is 1. The summed E-state index contributed by atoms with van der Waals surface area (Å²) in [6, 6.07) is 8.93. The van der Waals surface area contributed by atoms with Crippen LogP contribution in [-0.2, 0) is 0 Å². The number of nitrogens with one attached hydrogen (secondary N) is 1. The van der Waals surface area contributed by atoms with Gasteiger partial charge in [0.1, 0.15) is 5.82 Å². The van der Waals surface area contributed by atoms with Crippen molar-refractivity contribution >= 4 is 5.82 Å². The number of hydrogen-bond acceptors (Lipinski definition) is 4. The zero-order chi connectivity index (χ0) is 19.3. The first-order valence-corrected chi connectivity index (χ1v) is 10.7. The topological polar surface area (TPSA) is 41.1 Å². The number of aryl methyl sites for hydroxylation is 1. The zero-order valence-corrected chi connectivity index (χ0v) is 17.2. The van der Waals surface area contributed by atoms with E-state index in [4.69, 9.17) is 0 Å². The predicted octanol–water partition coefficient (Wildman–Crippen LogP) is 5.07. The van der Waals surface area contributed by atoms with Gasteiger partial charge in [-0.1, -0.05) is 24.1 Å². The van der Waals surface area contributed by atoms with Crippen molar-refractivity contribution in [3.8, 4) is 11.1 Å². The minimum Gasteiger partial charge on any atom is -0.367 e. The molecule has 148 valence electrons. The molecule has 0 amide bonds. The standard InChI is InChI=1S/C24H32N4/c1-18-6-7-22(17-26-18)21-8-11-25-24(16-21)27-23-5-3-4-20(15-23)14-19-9-12-28(2)13-10-19/h6-8,11,14,16-17,20,23H,3-5,9-10,12-13,15H2,1-2H3,(H,25,27). The van der Waals surface area contributed by atoms with Crippen LogP contribution in [0, 0.1) is 12.8 Å². The Morgan fingerprint density at radius 3 is 2.71 bits per heavy atom. The molecule has 4 rings (SSSR count). The lowest BCUT2D eigenvalue weighted by Crippen LogP contribution is -2.29. The first kappa shape index (κ1) is 19.1. The lowest BCUT2D eigenvalue weighted by molar-refractivity contribution is 0.309. The van der Waals surface area contributed by atoms with E-state index in [2.05, 4.69) is 57.6 Å². The monoisotopic (exact) mass is 376 g/mol. The highest BCUT2D eigenvalue weighted by Gasteiger charge is 2.22. The molecule has 1 saturated heterocycles. The second kappa shape index (κ2) is 8.87. The number of anilines is 1. The summed E-state index contributed by atoms with van der Waals surface area (Å²) in [4.78, 5) is 11.4. The van der Waals surface area contributed by atoms with Gasteiger partial charge in [-0.05, 0) is 75.8 Å². The first-order valence-electron chi connectivity index (χ1n) is 10.7. The zero-order valence-electron chi connectivity index (χ0n) is 17.2. The Morgan fingerprint density at radius 1 is 1.07 bits per heavy atom. The third-order valence-corrected chi connectivity index (χ3v) is 6.17. The van der Waals surface area contributed by atoms with Crippen molar-refractivity contribution in [2.24, 2.45) is 5.92 Å². The van der Waals surface area contributed by atoms with E-state index in [0.29, 0.717) is 12.0 Å². The molecule has 0 aromatic carbocycles. The first-order chi connectivity index (χ1) is 13.7. The Morgan fingerprint density at radius 2 is 1.93 bits per heavy atom. The van der Waals surface area contributed by atoms with Gasteiger partial charge < -0.3 is 10.2 Å². The van der Waals surface area contributed by atoms with Gasteiger partial charge in [-0.2, -0.15) is 0 Å². The highest BCUT2D eigenvalue weighted by atomic mass is 15.1. The molecule has 0 bridgehead atoms. The summed E-state index contributed by atoms with van der Waals surface area (Å²) in [5, 5.41) is 3.71. The number of pyridine rings is 2. The molecule has 3 heterocycles. The Hall–Kier alpha value is -2.20. The van der Waals surface area contributed by atoms with Crippen molar-refractivity contribution < 1.29 is 0 Å². The van der Waals surface area contributed by atoms with Crippen molar-refractivity contribution in [2.75, 3.05) is 25.5 Å². The molecule has 0 spiro atoms. The lowest BCUT2D eigenvalue weighted by atomic mass is 9.83. The fourth-order valence-electron chi connectivity index (χ4n) is 4.45. The average Bonchev–Trinajstić information content (AvgIpc) is 2.71. The van der Waals surface area contributed by atoms with Crippen LogP contribution in [0.2, 0.25) is 0 Å². The Labute approximate surface area is 169 Å². The van der Waals surface area contributed by atoms with E-state index in [1.807, 2.05) is 19.3 Å². The number of rotatable bonds is 4. The fraction of sp³-hybridized carbons (Fsp3) is 0.500. The molecule has 2 unspecified atom stereocenters. The molecule has 1 N–H and O–H groups in total. The molecule has 2 aromatic rings. The molecule has 2 fully saturated rings.